The van der Waals surface area contributed by atoms with Crippen molar-refractivity contribution in [2.45, 2.75) is 140 Å². The van der Waals surface area contributed by atoms with Crippen LogP contribution in [0.5, 0.6) is 11.5 Å². The molecule has 2 heteroatoms. The van der Waals surface area contributed by atoms with Crippen LogP contribution in [0.15, 0.2) is 103 Å². The maximum atomic E-state index is 6.93. The number of rotatable bonds is 4. The second-order valence-electron chi connectivity index (χ2n) is 22.3. The van der Waals surface area contributed by atoms with Gasteiger partial charge in [-0.25, -0.2) is 0 Å². The number of fused-ring (bicyclic) bond motifs is 4. The zero-order chi connectivity index (χ0) is 40.0. The quantitative estimate of drug-likeness (QED) is 0.181. The van der Waals surface area contributed by atoms with Crippen molar-refractivity contribution in [2.75, 3.05) is 4.90 Å². The van der Waals surface area contributed by atoms with Gasteiger partial charge in [0.15, 0.2) is 0 Å². The highest BCUT2D eigenvalue weighted by atomic mass is 16.5. The van der Waals surface area contributed by atoms with E-state index < -0.39 is 0 Å². The molecule has 4 fully saturated rings. The molecule has 0 amide bonds. The van der Waals surface area contributed by atoms with Gasteiger partial charge in [-0.3, -0.25) is 0 Å². The summed E-state index contributed by atoms with van der Waals surface area (Å²) >= 11 is 0. The van der Waals surface area contributed by atoms with E-state index in [1.165, 1.54) is 119 Å². The number of anilines is 3. The van der Waals surface area contributed by atoms with Crippen molar-refractivity contribution in [3.8, 4) is 22.6 Å². The average molecular weight is 766 g/mol. The average Bonchev–Trinajstić information content (AvgIpc) is 3.20. The molecule has 5 aromatic rings. The first-order valence-electron chi connectivity index (χ1n) is 22.8. The molecular weight excluding hydrogens is 703 g/mol. The number of hydrogen-bond donors (Lipinski definition) is 0. The van der Waals surface area contributed by atoms with Gasteiger partial charge in [-0.15, -0.1) is 0 Å². The molecule has 0 N–H and O–H groups in total. The molecule has 0 atom stereocenters. The smallest absolute Gasteiger partial charge is 0.131 e. The van der Waals surface area contributed by atoms with E-state index in [2.05, 4.69) is 163 Å². The number of benzene rings is 5. The van der Waals surface area contributed by atoms with Gasteiger partial charge in [-0.05, 0) is 179 Å². The summed E-state index contributed by atoms with van der Waals surface area (Å²) in [6, 6.07) is 40.3. The van der Waals surface area contributed by atoms with Crippen molar-refractivity contribution >= 4 is 17.1 Å². The summed E-state index contributed by atoms with van der Waals surface area (Å²) in [6.07, 6.45) is 11.6. The Balaban J connectivity index is 1.11. The number of nitrogens with zero attached hydrogens (tertiary/aromatic N) is 1. The van der Waals surface area contributed by atoms with Crippen molar-refractivity contribution < 1.29 is 4.74 Å². The van der Waals surface area contributed by atoms with Crippen molar-refractivity contribution in [1.82, 2.24) is 0 Å². The summed E-state index contributed by atoms with van der Waals surface area (Å²) in [5.41, 5.74) is 15.9. The lowest BCUT2D eigenvalue weighted by atomic mass is 9.42. The van der Waals surface area contributed by atoms with E-state index in [0.717, 1.165) is 23.3 Å². The highest BCUT2D eigenvalue weighted by molar-refractivity contribution is 5.83. The predicted octanol–water partition coefficient (Wildman–Crippen LogP) is 15.4. The molecule has 0 radical (unpaired) electrons. The van der Waals surface area contributed by atoms with Gasteiger partial charge in [-0.2, -0.15) is 0 Å². The molecule has 2 nitrogen and oxygen atoms in total. The molecule has 1 heterocycles. The van der Waals surface area contributed by atoms with Crippen LogP contribution >= 0.6 is 0 Å². The lowest BCUT2D eigenvalue weighted by Gasteiger charge is -2.63. The third-order valence-corrected chi connectivity index (χ3v) is 17.0. The standard InChI is InChI=1S/C56H63NO/c1-52(2)25-27-54(5,6)50-42(13-11-15-44(50)52)37-19-21-40(22-20-37)57(47-17-12-16-45-51(47)55(7,8)28-26-53(45,3)4)41-23-24-49-46(34-41)56(43-14-9-10-18-48(43)58-49)38-30-35-29-36(32-38)33-39(56)31-35/h9-24,34-36,38-39H,25-33H2,1-8H3. The van der Waals surface area contributed by atoms with E-state index >= 15 is 0 Å². The molecule has 5 aromatic carbocycles. The third-order valence-electron chi connectivity index (χ3n) is 17.0. The Labute approximate surface area is 348 Å². The number of hydrogen-bond acceptors (Lipinski definition) is 2. The Kier molecular flexibility index (Phi) is 7.84. The fraction of sp³-hybridized carbons (Fsp3) is 0.464. The van der Waals surface area contributed by atoms with Crippen LogP contribution in [0.3, 0.4) is 0 Å². The van der Waals surface area contributed by atoms with Gasteiger partial charge in [0.05, 0.1) is 5.69 Å². The van der Waals surface area contributed by atoms with E-state index in [1.54, 1.807) is 0 Å². The first-order chi connectivity index (χ1) is 27.7. The molecule has 0 unspecified atom stereocenters. The fourth-order valence-corrected chi connectivity index (χ4v) is 14.1. The van der Waals surface area contributed by atoms with Crippen molar-refractivity contribution in [3.63, 3.8) is 0 Å². The molecule has 58 heavy (non-hydrogen) atoms. The van der Waals surface area contributed by atoms with Gasteiger partial charge < -0.3 is 9.64 Å². The van der Waals surface area contributed by atoms with Gasteiger partial charge in [-0.1, -0.05) is 116 Å². The molecule has 298 valence electrons. The van der Waals surface area contributed by atoms with Crippen LogP contribution in [0, 0.1) is 23.7 Å². The maximum absolute atomic E-state index is 6.93. The van der Waals surface area contributed by atoms with E-state index in [0.29, 0.717) is 11.8 Å². The summed E-state index contributed by atoms with van der Waals surface area (Å²) in [5.74, 6) is 5.24. The summed E-state index contributed by atoms with van der Waals surface area (Å²) in [5, 5.41) is 0. The van der Waals surface area contributed by atoms with Crippen LogP contribution in [0.2, 0.25) is 0 Å². The first kappa shape index (κ1) is 36.8. The predicted molar refractivity (Wildman–Crippen MR) is 241 cm³/mol. The maximum Gasteiger partial charge on any atom is 0.131 e. The van der Waals surface area contributed by atoms with Gasteiger partial charge in [0.1, 0.15) is 11.5 Å². The van der Waals surface area contributed by atoms with Crippen LogP contribution in [0.1, 0.15) is 147 Å². The number of ether oxygens (including phenoxy) is 1. The fourth-order valence-electron chi connectivity index (χ4n) is 14.1. The van der Waals surface area contributed by atoms with Gasteiger partial charge in [0.25, 0.3) is 0 Å². The van der Waals surface area contributed by atoms with E-state index in [9.17, 15) is 0 Å². The minimum absolute atomic E-state index is 0.00646. The highest BCUT2D eigenvalue weighted by Gasteiger charge is 2.61. The van der Waals surface area contributed by atoms with E-state index in [4.69, 9.17) is 4.74 Å². The van der Waals surface area contributed by atoms with Crippen LogP contribution in [0.4, 0.5) is 17.1 Å². The Morgan fingerprint density at radius 2 is 1.00 bits per heavy atom. The molecule has 4 bridgehead atoms. The molecule has 0 aromatic heterocycles. The topological polar surface area (TPSA) is 12.5 Å². The summed E-state index contributed by atoms with van der Waals surface area (Å²) in [7, 11) is 0. The van der Waals surface area contributed by atoms with Crippen LogP contribution in [-0.4, -0.2) is 0 Å². The van der Waals surface area contributed by atoms with Crippen molar-refractivity contribution in [3.05, 3.63) is 137 Å². The monoisotopic (exact) mass is 765 g/mol. The molecule has 0 saturated heterocycles. The second kappa shape index (κ2) is 12.4. The first-order valence-corrected chi connectivity index (χ1v) is 22.8. The molecule has 12 rings (SSSR count). The molecule has 7 aliphatic rings. The zero-order valence-corrected chi connectivity index (χ0v) is 36.3. The van der Waals surface area contributed by atoms with E-state index in [-0.39, 0.29) is 27.1 Å². The van der Waals surface area contributed by atoms with Crippen molar-refractivity contribution in [2.24, 2.45) is 23.7 Å². The molecule has 4 saturated carbocycles. The highest BCUT2D eigenvalue weighted by Crippen LogP contribution is 2.69. The molecule has 1 spiro atoms. The largest absolute Gasteiger partial charge is 0.457 e. The molecule has 1 aliphatic heterocycles. The van der Waals surface area contributed by atoms with Crippen LogP contribution < -0.4 is 9.64 Å². The molecule has 6 aliphatic carbocycles. The van der Waals surface area contributed by atoms with Crippen LogP contribution in [0.25, 0.3) is 11.1 Å². The minimum atomic E-state index is -0.00646. The lowest BCUT2D eigenvalue weighted by Crippen LogP contribution is -2.57. The van der Waals surface area contributed by atoms with Gasteiger partial charge >= 0.3 is 0 Å². The summed E-state index contributed by atoms with van der Waals surface area (Å²) in [4.78, 5) is 2.63. The van der Waals surface area contributed by atoms with E-state index in [1.807, 2.05) is 0 Å². The van der Waals surface area contributed by atoms with Crippen molar-refractivity contribution in [1.29, 1.82) is 0 Å². The lowest BCUT2D eigenvalue weighted by molar-refractivity contribution is -0.0452. The molecular formula is C56H63NO. The second-order valence-corrected chi connectivity index (χ2v) is 22.3. The Morgan fingerprint density at radius 1 is 0.466 bits per heavy atom. The Bertz CT molecular complexity index is 2430. The number of para-hydroxylation sites is 1. The Hall–Kier alpha value is -4.30. The van der Waals surface area contributed by atoms with Gasteiger partial charge in [0.2, 0.25) is 0 Å². The summed E-state index contributed by atoms with van der Waals surface area (Å²) in [6.45, 7) is 19.7. The van der Waals surface area contributed by atoms with Gasteiger partial charge in [0, 0.05) is 27.9 Å². The third kappa shape index (κ3) is 5.21. The SMILES string of the molecule is CC1(C)CCC(C)(C)c2c(-c3ccc(N(c4ccc5c(c4)C4(c6ccccc6O5)C5CC6CC(C5)CC4C6)c4cccc5c4C(C)(C)CCC5(C)C)cc3)cccc21. The minimum Gasteiger partial charge on any atom is -0.457 e. The Morgan fingerprint density at radius 3 is 1.67 bits per heavy atom. The zero-order valence-electron chi connectivity index (χ0n) is 36.3. The van der Waals surface area contributed by atoms with Crippen LogP contribution in [-0.2, 0) is 27.1 Å². The summed E-state index contributed by atoms with van der Waals surface area (Å²) < 4.78 is 6.93. The normalized spacial score (nSPS) is 28.5.